The van der Waals surface area contributed by atoms with Crippen LogP contribution in [0.5, 0.6) is 0 Å². The summed E-state index contributed by atoms with van der Waals surface area (Å²) in [6.45, 7) is 8.78. The molecule has 0 saturated heterocycles. The molecule has 1 aromatic rings. The zero-order valence-corrected chi connectivity index (χ0v) is 11.0. The fourth-order valence-corrected chi connectivity index (χ4v) is 1.85. The van der Waals surface area contributed by atoms with Crippen LogP contribution >= 0.6 is 15.9 Å². The van der Waals surface area contributed by atoms with Crippen LogP contribution < -0.4 is 0 Å². The van der Waals surface area contributed by atoms with Crippen LogP contribution in [0.1, 0.15) is 45.4 Å². The molecule has 0 radical (unpaired) electrons. The summed E-state index contributed by atoms with van der Waals surface area (Å²) >= 11 is 3.46. The van der Waals surface area contributed by atoms with Crippen LogP contribution in [0.4, 0.5) is 0 Å². The summed E-state index contributed by atoms with van der Waals surface area (Å²) in [7, 11) is 0. The smallest absolute Gasteiger partial charge is 0.106 e. The van der Waals surface area contributed by atoms with Crippen molar-refractivity contribution < 1.29 is 0 Å². The molecule has 1 heterocycles. The monoisotopic (exact) mass is 255 g/mol. The topological polar surface area (TPSA) is 12.9 Å². The maximum Gasteiger partial charge on any atom is 0.106 e. The summed E-state index contributed by atoms with van der Waals surface area (Å²) < 4.78 is 0.952. The summed E-state index contributed by atoms with van der Waals surface area (Å²) in [4.78, 5) is 4.50. The summed E-state index contributed by atoms with van der Waals surface area (Å²) in [5, 5.41) is 0. The van der Waals surface area contributed by atoms with Gasteiger partial charge in [-0.3, -0.25) is 0 Å². The molecule has 0 aliphatic heterocycles. The Morgan fingerprint density at radius 2 is 1.93 bits per heavy atom. The molecule has 0 aliphatic rings. The van der Waals surface area contributed by atoms with Crippen molar-refractivity contribution in [2.75, 3.05) is 0 Å². The van der Waals surface area contributed by atoms with Crippen LogP contribution in [0, 0.1) is 0 Å². The van der Waals surface area contributed by atoms with Gasteiger partial charge >= 0.3 is 0 Å². The standard InChI is InChI=1S/C12H18BrN/c1-5-6-9-7-10(12(2,3)4)14-11(13)8-9/h7-8H,5-6H2,1-4H3. The first-order chi connectivity index (χ1) is 6.43. The van der Waals surface area contributed by atoms with E-state index in [1.165, 1.54) is 12.0 Å². The molecule has 0 atom stereocenters. The van der Waals surface area contributed by atoms with Crippen LogP contribution in [0.3, 0.4) is 0 Å². The maximum absolute atomic E-state index is 4.50. The highest BCUT2D eigenvalue weighted by atomic mass is 79.9. The van der Waals surface area contributed by atoms with Gasteiger partial charge in [0.1, 0.15) is 4.60 Å². The van der Waals surface area contributed by atoms with Crippen molar-refractivity contribution in [3.05, 3.63) is 28.0 Å². The van der Waals surface area contributed by atoms with Crippen LogP contribution in [-0.4, -0.2) is 4.98 Å². The zero-order chi connectivity index (χ0) is 10.8. The highest BCUT2D eigenvalue weighted by Gasteiger charge is 2.16. The third kappa shape index (κ3) is 3.09. The lowest BCUT2D eigenvalue weighted by Gasteiger charge is -2.18. The van der Waals surface area contributed by atoms with Crippen molar-refractivity contribution >= 4 is 15.9 Å². The molecular formula is C12H18BrN. The van der Waals surface area contributed by atoms with Gasteiger partial charge in [0.25, 0.3) is 0 Å². The highest BCUT2D eigenvalue weighted by molar-refractivity contribution is 9.10. The first kappa shape index (κ1) is 11.7. The Kier molecular flexibility index (Phi) is 3.71. The maximum atomic E-state index is 4.50. The van der Waals surface area contributed by atoms with Gasteiger partial charge < -0.3 is 0 Å². The van der Waals surface area contributed by atoms with E-state index in [-0.39, 0.29) is 5.41 Å². The van der Waals surface area contributed by atoms with E-state index in [4.69, 9.17) is 0 Å². The van der Waals surface area contributed by atoms with Crippen molar-refractivity contribution in [2.45, 2.75) is 46.0 Å². The largest absolute Gasteiger partial charge is 0.245 e. The molecule has 0 N–H and O–H groups in total. The number of halogens is 1. The minimum atomic E-state index is 0.131. The molecule has 0 aromatic carbocycles. The van der Waals surface area contributed by atoms with Gasteiger partial charge in [0.2, 0.25) is 0 Å². The van der Waals surface area contributed by atoms with E-state index >= 15 is 0 Å². The van der Waals surface area contributed by atoms with Crippen molar-refractivity contribution in [1.82, 2.24) is 4.98 Å². The average molecular weight is 256 g/mol. The average Bonchev–Trinajstić information content (AvgIpc) is 2.02. The number of rotatable bonds is 2. The van der Waals surface area contributed by atoms with Gasteiger partial charge in [-0.2, -0.15) is 0 Å². The van der Waals surface area contributed by atoms with Crippen LogP contribution in [0.25, 0.3) is 0 Å². The summed E-state index contributed by atoms with van der Waals surface area (Å²) in [6.07, 6.45) is 2.31. The molecule has 78 valence electrons. The minimum absolute atomic E-state index is 0.131. The summed E-state index contributed by atoms with van der Waals surface area (Å²) in [6, 6.07) is 4.33. The van der Waals surface area contributed by atoms with Gasteiger partial charge in [0.15, 0.2) is 0 Å². The van der Waals surface area contributed by atoms with E-state index in [1.807, 2.05) is 0 Å². The quantitative estimate of drug-likeness (QED) is 0.726. The number of aromatic nitrogens is 1. The molecule has 0 fully saturated rings. The first-order valence-corrected chi connectivity index (χ1v) is 5.89. The van der Waals surface area contributed by atoms with Crippen LogP contribution in [-0.2, 0) is 11.8 Å². The predicted octanol–water partition coefficient (Wildman–Crippen LogP) is 4.09. The molecule has 14 heavy (non-hydrogen) atoms. The first-order valence-electron chi connectivity index (χ1n) is 5.10. The second kappa shape index (κ2) is 4.43. The molecule has 1 nitrogen and oxygen atoms in total. The van der Waals surface area contributed by atoms with Gasteiger partial charge in [-0.15, -0.1) is 0 Å². The fourth-order valence-electron chi connectivity index (χ4n) is 1.37. The lowest BCUT2D eigenvalue weighted by Crippen LogP contribution is -2.14. The Morgan fingerprint density at radius 3 is 2.43 bits per heavy atom. The van der Waals surface area contributed by atoms with Crippen LogP contribution in [0.2, 0.25) is 0 Å². The van der Waals surface area contributed by atoms with Gasteiger partial charge in [-0.05, 0) is 40.0 Å². The predicted molar refractivity (Wildman–Crippen MR) is 64.6 cm³/mol. The Morgan fingerprint density at radius 1 is 1.29 bits per heavy atom. The Hall–Kier alpha value is -0.370. The van der Waals surface area contributed by atoms with E-state index in [2.05, 4.69) is 60.7 Å². The number of hydrogen-bond acceptors (Lipinski definition) is 1. The van der Waals surface area contributed by atoms with Gasteiger partial charge in [0.05, 0.1) is 0 Å². The second-order valence-electron chi connectivity index (χ2n) is 4.68. The number of hydrogen-bond donors (Lipinski definition) is 0. The van der Waals surface area contributed by atoms with Crippen LogP contribution in [0.15, 0.2) is 16.7 Å². The van der Waals surface area contributed by atoms with E-state index in [0.29, 0.717) is 0 Å². The second-order valence-corrected chi connectivity index (χ2v) is 5.50. The molecule has 1 aromatic heterocycles. The molecule has 2 heteroatoms. The molecule has 0 amide bonds. The van der Waals surface area contributed by atoms with Gasteiger partial charge in [0, 0.05) is 11.1 Å². The lowest BCUT2D eigenvalue weighted by atomic mass is 9.90. The molecule has 1 rings (SSSR count). The van der Waals surface area contributed by atoms with E-state index in [1.54, 1.807) is 0 Å². The van der Waals surface area contributed by atoms with Gasteiger partial charge in [-0.1, -0.05) is 34.1 Å². The van der Waals surface area contributed by atoms with E-state index in [9.17, 15) is 0 Å². The van der Waals surface area contributed by atoms with E-state index < -0.39 is 0 Å². The zero-order valence-electron chi connectivity index (χ0n) is 9.39. The Bertz CT molecular complexity index is 313. The number of nitrogens with zero attached hydrogens (tertiary/aromatic N) is 1. The number of aryl methyl sites for hydroxylation is 1. The van der Waals surface area contributed by atoms with Crippen molar-refractivity contribution in [2.24, 2.45) is 0 Å². The van der Waals surface area contributed by atoms with Gasteiger partial charge in [-0.25, -0.2) is 4.98 Å². The Labute approximate surface area is 95.1 Å². The lowest BCUT2D eigenvalue weighted by molar-refractivity contribution is 0.566. The molecule has 0 aliphatic carbocycles. The van der Waals surface area contributed by atoms with Crippen molar-refractivity contribution in [3.8, 4) is 0 Å². The molecule has 0 saturated carbocycles. The summed E-state index contributed by atoms with van der Waals surface area (Å²) in [5.74, 6) is 0. The van der Waals surface area contributed by atoms with Crippen molar-refractivity contribution in [1.29, 1.82) is 0 Å². The fraction of sp³-hybridized carbons (Fsp3) is 0.583. The third-order valence-corrected chi connectivity index (χ3v) is 2.57. The number of pyridine rings is 1. The SMILES string of the molecule is CCCc1cc(Br)nc(C(C)(C)C)c1. The molecule has 0 bridgehead atoms. The molecular weight excluding hydrogens is 238 g/mol. The Balaban J connectivity index is 3.07. The normalized spacial score (nSPS) is 11.8. The van der Waals surface area contributed by atoms with E-state index in [0.717, 1.165) is 16.7 Å². The minimum Gasteiger partial charge on any atom is -0.245 e. The third-order valence-electron chi connectivity index (χ3n) is 2.16. The molecule has 0 unspecified atom stereocenters. The van der Waals surface area contributed by atoms with Crippen molar-refractivity contribution in [3.63, 3.8) is 0 Å². The molecule has 0 spiro atoms. The highest BCUT2D eigenvalue weighted by Crippen LogP contribution is 2.23. The summed E-state index contributed by atoms with van der Waals surface area (Å²) in [5.41, 5.74) is 2.67.